The summed E-state index contributed by atoms with van der Waals surface area (Å²) in [6.45, 7) is 6.33. The Morgan fingerprint density at radius 1 is 0.895 bits per heavy atom. The number of hydrogen-bond donors (Lipinski definition) is 1. The van der Waals surface area contributed by atoms with Crippen molar-refractivity contribution >= 4 is 11.6 Å². The topological polar surface area (TPSA) is 50.8 Å². The third-order valence-corrected chi connectivity index (χ3v) is 7.98. The van der Waals surface area contributed by atoms with Crippen molar-refractivity contribution in [1.29, 1.82) is 0 Å². The standard InChI is InChI=1S/C33H40N2O3/c1-23(2)38-30-10-6-7-27(21-30)24-11-13-26(14-12-24)33(36)34-28-15-16-32(37-3)31(22-28)25-17-19-35(20-18-25)29-8-4-5-9-29/h6-7,10-16,21-23,25,29H,4-5,8-9,17-20H2,1-3H3,(H,34,36). The van der Waals surface area contributed by atoms with Gasteiger partial charge in [-0.1, -0.05) is 37.1 Å². The van der Waals surface area contributed by atoms with Gasteiger partial charge in [-0.2, -0.15) is 0 Å². The van der Waals surface area contributed by atoms with Gasteiger partial charge in [0.1, 0.15) is 11.5 Å². The van der Waals surface area contributed by atoms with Gasteiger partial charge in [0.15, 0.2) is 0 Å². The van der Waals surface area contributed by atoms with Crippen molar-refractivity contribution < 1.29 is 14.3 Å². The Bertz CT molecular complexity index is 1220. The first-order valence-electron chi connectivity index (χ1n) is 14.1. The van der Waals surface area contributed by atoms with Gasteiger partial charge < -0.3 is 19.7 Å². The molecule has 38 heavy (non-hydrogen) atoms. The van der Waals surface area contributed by atoms with E-state index in [1.807, 2.05) is 68.4 Å². The molecule has 0 aromatic heterocycles. The first-order chi connectivity index (χ1) is 18.5. The van der Waals surface area contributed by atoms with E-state index in [1.165, 1.54) is 31.2 Å². The van der Waals surface area contributed by atoms with E-state index in [4.69, 9.17) is 9.47 Å². The second-order valence-electron chi connectivity index (χ2n) is 10.9. The Labute approximate surface area is 227 Å². The molecule has 1 N–H and O–H groups in total. The Hall–Kier alpha value is -3.31. The number of benzene rings is 3. The number of likely N-dealkylation sites (tertiary alicyclic amines) is 1. The van der Waals surface area contributed by atoms with E-state index in [0.717, 1.165) is 60.3 Å². The third-order valence-electron chi connectivity index (χ3n) is 7.98. The van der Waals surface area contributed by atoms with Crippen molar-refractivity contribution in [2.45, 2.75) is 70.4 Å². The van der Waals surface area contributed by atoms with Crippen LogP contribution in [0.2, 0.25) is 0 Å². The molecule has 1 heterocycles. The lowest BCUT2D eigenvalue weighted by Crippen LogP contribution is -2.39. The zero-order valence-electron chi connectivity index (χ0n) is 22.9. The predicted molar refractivity (Wildman–Crippen MR) is 154 cm³/mol. The fourth-order valence-corrected chi connectivity index (χ4v) is 6.01. The highest BCUT2D eigenvalue weighted by atomic mass is 16.5. The SMILES string of the molecule is COc1ccc(NC(=O)c2ccc(-c3cccc(OC(C)C)c3)cc2)cc1C1CCN(C2CCCC2)CC1. The number of ether oxygens (including phenoxy) is 2. The van der Waals surface area contributed by atoms with E-state index in [9.17, 15) is 4.79 Å². The molecular weight excluding hydrogens is 472 g/mol. The molecule has 0 spiro atoms. The molecule has 1 aliphatic heterocycles. The lowest BCUT2D eigenvalue weighted by Gasteiger charge is -2.36. The second kappa shape index (κ2) is 12.0. The fraction of sp³-hybridized carbons (Fsp3) is 0.424. The molecule has 0 unspecified atom stereocenters. The van der Waals surface area contributed by atoms with Crippen LogP contribution < -0.4 is 14.8 Å². The summed E-state index contributed by atoms with van der Waals surface area (Å²) in [5.74, 6) is 2.10. The van der Waals surface area contributed by atoms with E-state index in [1.54, 1.807) is 7.11 Å². The minimum Gasteiger partial charge on any atom is -0.496 e. The van der Waals surface area contributed by atoms with Gasteiger partial charge in [-0.3, -0.25) is 4.79 Å². The summed E-state index contributed by atoms with van der Waals surface area (Å²) < 4.78 is 11.5. The van der Waals surface area contributed by atoms with Crippen LogP contribution in [0.4, 0.5) is 5.69 Å². The number of nitrogens with one attached hydrogen (secondary N) is 1. The van der Waals surface area contributed by atoms with Gasteiger partial charge in [-0.05, 0) is 118 Å². The number of rotatable bonds is 8. The molecule has 2 fully saturated rings. The van der Waals surface area contributed by atoms with E-state index in [2.05, 4.69) is 22.3 Å². The van der Waals surface area contributed by atoms with Crippen LogP contribution in [-0.2, 0) is 0 Å². The number of hydrogen-bond acceptors (Lipinski definition) is 4. The number of piperidine rings is 1. The normalized spacial score (nSPS) is 17.1. The van der Waals surface area contributed by atoms with E-state index in [-0.39, 0.29) is 12.0 Å². The average molecular weight is 513 g/mol. The Balaban J connectivity index is 1.25. The maximum absolute atomic E-state index is 13.1. The summed E-state index contributed by atoms with van der Waals surface area (Å²) in [6.07, 6.45) is 7.86. The minimum atomic E-state index is -0.111. The maximum Gasteiger partial charge on any atom is 0.255 e. The highest BCUT2D eigenvalue weighted by molar-refractivity contribution is 6.04. The Kier molecular flexibility index (Phi) is 8.33. The van der Waals surface area contributed by atoms with Gasteiger partial charge in [0.05, 0.1) is 13.2 Å². The molecule has 200 valence electrons. The number of carbonyl (C=O) groups excluding carboxylic acids is 1. The van der Waals surface area contributed by atoms with Crippen molar-refractivity contribution in [2.75, 3.05) is 25.5 Å². The minimum absolute atomic E-state index is 0.111. The molecule has 5 nitrogen and oxygen atoms in total. The largest absolute Gasteiger partial charge is 0.496 e. The Morgan fingerprint density at radius 2 is 1.63 bits per heavy atom. The van der Waals surface area contributed by atoms with Gasteiger partial charge in [-0.25, -0.2) is 0 Å². The van der Waals surface area contributed by atoms with E-state index < -0.39 is 0 Å². The zero-order chi connectivity index (χ0) is 26.5. The summed E-state index contributed by atoms with van der Waals surface area (Å²) in [5, 5.41) is 3.11. The first kappa shape index (κ1) is 26.3. The quantitative estimate of drug-likeness (QED) is 0.339. The lowest BCUT2D eigenvalue weighted by molar-refractivity contribution is 0.102. The number of methoxy groups -OCH3 is 1. The summed E-state index contributed by atoms with van der Waals surface area (Å²) in [4.78, 5) is 15.8. The van der Waals surface area contributed by atoms with Crippen molar-refractivity contribution in [2.24, 2.45) is 0 Å². The van der Waals surface area contributed by atoms with Crippen molar-refractivity contribution in [3.05, 3.63) is 77.9 Å². The van der Waals surface area contributed by atoms with Crippen molar-refractivity contribution in [3.63, 3.8) is 0 Å². The van der Waals surface area contributed by atoms with Crippen LogP contribution >= 0.6 is 0 Å². The molecule has 1 aliphatic carbocycles. The van der Waals surface area contributed by atoms with Crippen LogP contribution in [0.3, 0.4) is 0 Å². The summed E-state index contributed by atoms with van der Waals surface area (Å²) in [7, 11) is 1.73. The molecule has 3 aromatic rings. The number of carbonyl (C=O) groups is 1. The summed E-state index contributed by atoms with van der Waals surface area (Å²) >= 11 is 0. The average Bonchev–Trinajstić information content (AvgIpc) is 3.48. The number of amides is 1. The van der Waals surface area contributed by atoms with Crippen LogP contribution in [0.25, 0.3) is 11.1 Å². The molecule has 1 amide bonds. The van der Waals surface area contributed by atoms with E-state index in [0.29, 0.717) is 11.5 Å². The van der Waals surface area contributed by atoms with Gasteiger partial charge in [0.2, 0.25) is 0 Å². The molecule has 2 aliphatic rings. The van der Waals surface area contributed by atoms with Crippen molar-refractivity contribution in [3.8, 4) is 22.6 Å². The fourth-order valence-electron chi connectivity index (χ4n) is 6.01. The van der Waals surface area contributed by atoms with Crippen LogP contribution in [-0.4, -0.2) is 43.2 Å². The molecule has 5 rings (SSSR count). The van der Waals surface area contributed by atoms with Gasteiger partial charge in [-0.15, -0.1) is 0 Å². The van der Waals surface area contributed by atoms with Crippen LogP contribution in [0, 0.1) is 0 Å². The van der Waals surface area contributed by atoms with Crippen LogP contribution in [0.15, 0.2) is 66.7 Å². The Morgan fingerprint density at radius 3 is 2.32 bits per heavy atom. The zero-order valence-corrected chi connectivity index (χ0v) is 22.9. The highest BCUT2D eigenvalue weighted by Crippen LogP contribution is 2.38. The molecule has 5 heteroatoms. The van der Waals surface area contributed by atoms with Gasteiger partial charge >= 0.3 is 0 Å². The molecule has 1 saturated heterocycles. The monoisotopic (exact) mass is 512 g/mol. The predicted octanol–water partition coefficient (Wildman–Crippen LogP) is 7.52. The van der Waals surface area contributed by atoms with Gasteiger partial charge in [0.25, 0.3) is 5.91 Å². The van der Waals surface area contributed by atoms with Crippen LogP contribution in [0.5, 0.6) is 11.5 Å². The molecular formula is C33H40N2O3. The van der Waals surface area contributed by atoms with E-state index >= 15 is 0 Å². The second-order valence-corrected chi connectivity index (χ2v) is 10.9. The summed E-state index contributed by atoms with van der Waals surface area (Å²) in [5.41, 5.74) is 4.76. The first-order valence-corrected chi connectivity index (χ1v) is 14.1. The third kappa shape index (κ3) is 6.21. The molecule has 0 atom stereocenters. The molecule has 3 aromatic carbocycles. The van der Waals surface area contributed by atoms with Gasteiger partial charge in [0, 0.05) is 17.3 Å². The van der Waals surface area contributed by atoms with Crippen molar-refractivity contribution in [1.82, 2.24) is 4.90 Å². The molecule has 0 bridgehead atoms. The maximum atomic E-state index is 13.1. The summed E-state index contributed by atoms with van der Waals surface area (Å²) in [6, 6.07) is 22.6. The molecule has 1 saturated carbocycles. The smallest absolute Gasteiger partial charge is 0.255 e. The number of anilines is 1. The molecule has 0 radical (unpaired) electrons. The lowest BCUT2D eigenvalue weighted by atomic mass is 9.87. The highest BCUT2D eigenvalue weighted by Gasteiger charge is 2.29. The number of nitrogens with zero attached hydrogens (tertiary/aromatic N) is 1. The van der Waals surface area contributed by atoms with Crippen LogP contribution in [0.1, 0.15) is 74.2 Å².